The van der Waals surface area contributed by atoms with Crippen molar-refractivity contribution in [2.45, 2.75) is 57.9 Å². The van der Waals surface area contributed by atoms with E-state index in [2.05, 4.69) is 12.2 Å². The number of nitrogens with one attached hydrogen (secondary N) is 1. The maximum Gasteiger partial charge on any atom is 0.325 e. The SMILES string of the molecule is C[C@H]1CCCN(C(=O)CN2C(=O)N[C@@]3(CCCC[C@@H]3C)C2=O)C1. The van der Waals surface area contributed by atoms with Gasteiger partial charge in [-0.05, 0) is 37.5 Å². The summed E-state index contributed by atoms with van der Waals surface area (Å²) in [7, 11) is 0. The maximum atomic E-state index is 12.9. The fraction of sp³-hybridized carbons (Fsp3) is 0.824. The van der Waals surface area contributed by atoms with Crippen LogP contribution in [-0.2, 0) is 9.59 Å². The van der Waals surface area contributed by atoms with E-state index in [9.17, 15) is 14.4 Å². The molecule has 3 atom stereocenters. The molecule has 0 aromatic carbocycles. The first-order valence-corrected chi connectivity index (χ1v) is 8.86. The summed E-state index contributed by atoms with van der Waals surface area (Å²) in [6.45, 7) is 5.49. The Morgan fingerprint density at radius 1 is 1.22 bits per heavy atom. The van der Waals surface area contributed by atoms with Crippen LogP contribution in [0.1, 0.15) is 52.4 Å². The molecule has 23 heavy (non-hydrogen) atoms. The summed E-state index contributed by atoms with van der Waals surface area (Å²) in [5, 5.41) is 2.90. The van der Waals surface area contributed by atoms with Gasteiger partial charge in [-0.25, -0.2) is 4.79 Å². The van der Waals surface area contributed by atoms with Crippen LogP contribution in [0.4, 0.5) is 4.79 Å². The Bertz CT molecular complexity index is 521. The Hall–Kier alpha value is -1.59. The zero-order valence-electron chi connectivity index (χ0n) is 14.1. The zero-order chi connectivity index (χ0) is 16.6. The van der Waals surface area contributed by atoms with Gasteiger partial charge in [0.25, 0.3) is 5.91 Å². The number of carbonyl (C=O) groups is 3. The number of piperidine rings is 1. The van der Waals surface area contributed by atoms with Crippen LogP contribution in [0.3, 0.4) is 0 Å². The lowest BCUT2D eigenvalue weighted by atomic mass is 9.73. The highest BCUT2D eigenvalue weighted by Crippen LogP contribution is 2.38. The van der Waals surface area contributed by atoms with Crippen molar-refractivity contribution in [3.8, 4) is 0 Å². The maximum absolute atomic E-state index is 12.9. The second-order valence-electron chi connectivity index (χ2n) is 7.53. The minimum Gasteiger partial charge on any atom is -0.341 e. The molecule has 2 heterocycles. The van der Waals surface area contributed by atoms with Crippen LogP contribution < -0.4 is 5.32 Å². The van der Waals surface area contributed by atoms with Crippen molar-refractivity contribution in [1.29, 1.82) is 0 Å². The highest BCUT2D eigenvalue weighted by Gasteiger charge is 2.55. The average molecular weight is 321 g/mol. The van der Waals surface area contributed by atoms with Crippen LogP contribution in [0.5, 0.6) is 0 Å². The van der Waals surface area contributed by atoms with Gasteiger partial charge in [0.05, 0.1) is 0 Å². The van der Waals surface area contributed by atoms with Crippen molar-refractivity contribution >= 4 is 17.8 Å². The molecule has 0 unspecified atom stereocenters. The minimum absolute atomic E-state index is 0.111. The monoisotopic (exact) mass is 321 g/mol. The Morgan fingerprint density at radius 3 is 2.70 bits per heavy atom. The van der Waals surface area contributed by atoms with E-state index in [1.165, 1.54) is 0 Å². The highest BCUT2D eigenvalue weighted by molar-refractivity contribution is 6.09. The minimum atomic E-state index is -0.773. The fourth-order valence-electron chi connectivity index (χ4n) is 4.29. The first-order valence-electron chi connectivity index (χ1n) is 8.86. The summed E-state index contributed by atoms with van der Waals surface area (Å²) < 4.78 is 0. The van der Waals surface area contributed by atoms with E-state index >= 15 is 0 Å². The van der Waals surface area contributed by atoms with E-state index in [4.69, 9.17) is 0 Å². The summed E-state index contributed by atoms with van der Waals surface area (Å²) in [6, 6.07) is -0.401. The van der Waals surface area contributed by atoms with Gasteiger partial charge in [0.15, 0.2) is 0 Å². The van der Waals surface area contributed by atoms with Crippen LogP contribution in [0.25, 0.3) is 0 Å². The molecular weight excluding hydrogens is 294 g/mol. The smallest absolute Gasteiger partial charge is 0.325 e. The van der Waals surface area contributed by atoms with E-state index in [0.29, 0.717) is 12.3 Å². The number of urea groups is 1. The van der Waals surface area contributed by atoms with Gasteiger partial charge in [-0.3, -0.25) is 14.5 Å². The number of nitrogens with zero attached hydrogens (tertiary/aromatic N) is 2. The molecule has 0 bridgehead atoms. The topological polar surface area (TPSA) is 69.7 Å². The molecular formula is C17H27N3O3. The second kappa shape index (κ2) is 6.13. The van der Waals surface area contributed by atoms with Crippen molar-refractivity contribution in [3.05, 3.63) is 0 Å². The van der Waals surface area contributed by atoms with Crippen molar-refractivity contribution in [1.82, 2.24) is 15.1 Å². The molecule has 2 aliphatic heterocycles. The normalized spacial score (nSPS) is 34.9. The molecule has 6 nitrogen and oxygen atoms in total. The van der Waals surface area contributed by atoms with Gasteiger partial charge in [-0.15, -0.1) is 0 Å². The lowest BCUT2D eigenvalue weighted by Gasteiger charge is -2.37. The number of amides is 4. The molecule has 2 saturated heterocycles. The third kappa shape index (κ3) is 2.83. The van der Waals surface area contributed by atoms with Crippen LogP contribution in [0.15, 0.2) is 0 Å². The third-order valence-corrected chi connectivity index (χ3v) is 5.80. The van der Waals surface area contributed by atoms with E-state index in [1.54, 1.807) is 4.90 Å². The average Bonchev–Trinajstić information content (AvgIpc) is 2.75. The first-order chi connectivity index (χ1) is 10.9. The van der Waals surface area contributed by atoms with E-state index < -0.39 is 11.6 Å². The predicted octanol–water partition coefficient (Wildman–Crippen LogP) is 1.75. The van der Waals surface area contributed by atoms with Crippen molar-refractivity contribution in [2.75, 3.05) is 19.6 Å². The number of imide groups is 1. The molecule has 3 rings (SSSR count). The third-order valence-electron chi connectivity index (χ3n) is 5.80. The Kier molecular flexibility index (Phi) is 4.34. The van der Waals surface area contributed by atoms with E-state index in [1.807, 2.05) is 6.92 Å². The van der Waals surface area contributed by atoms with Crippen LogP contribution >= 0.6 is 0 Å². The number of likely N-dealkylation sites (tertiary alicyclic amines) is 1. The molecule has 3 fully saturated rings. The number of hydrogen-bond donors (Lipinski definition) is 1. The van der Waals surface area contributed by atoms with Crippen molar-refractivity contribution < 1.29 is 14.4 Å². The van der Waals surface area contributed by atoms with Gasteiger partial charge in [-0.2, -0.15) is 0 Å². The van der Waals surface area contributed by atoms with Gasteiger partial charge in [-0.1, -0.05) is 26.7 Å². The molecule has 1 spiro atoms. The lowest BCUT2D eigenvalue weighted by molar-refractivity contribution is -0.141. The Labute approximate surface area is 137 Å². The Balaban J connectivity index is 1.69. The van der Waals surface area contributed by atoms with Gasteiger partial charge < -0.3 is 10.2 Å². The predicted molar refractivity (Wildman–Crippen MR) is 85.6 cm³/mol. The van der Waals surface area contributed by atoms with Crippen LogP contribution in [-0.4, -0.2) is 52.8 Å². The molecule has 3 aliphatic rings. The number of hydrogen-bond acceptors (Lipinski definition) is 3. The molecule has 1 saturated carbocycles. The quantitative estimate of drug-likeness (QED) is 0.788. The largest absolute Gasteiger partial charge is 0.341 e. The number of rotatable bonds is 2. The molecule has 1 N–H and O–H groups in total. The molecule has 128 valence electrons. The molecule has 0 radical (unpaired) electrons. The lowest BCUT2D eigenvalue weighted by Crippen LogP contribution is -2.54. The van der Waals surface area contributed by atoms with E-state index in [-0.39, 0.29) is 24.3 Å². The summed E-state index contributed by atoms with van der Waals surface area (Å²) in [5.74, 6) is 0.303. The van der Waals surface area contributed by atoms with Crippen molar-refractivity contribution in [2.24, 2.45) is 11.8 Å². The van der Waals surface area contributed by atoms with E-state index in [0.717, 1.165) is 50.1 Å². The summed E-state index contributed by atoms with van der Waals surface area (Å²) in [6.07, 6.45) is 5.79. The molecule has 4 amide bonds. The Morgan fingerprint density at radius 2 is 2.00 bits per heavy atom. The molecule has 1 aliphatic carbocycles. The first kappa shape index (κ1) is 16.3. The van der Waals surface area contributed by atoms with Crippen molar-refractivity contribution in [3.63, 3.8) is 0 Å². The summed E-state index contributed by atoms with van der Waals surface area (Å²) in [5.41, 5.74) is -0.773. The van der Waals surface area contributed by atoms with Gasteiger partial charge in [0.2, 0.25) is 5.91 Å². The van der Waals surface area contributed by atoms with Crippen LogP contribution in [0, 0.1) is 11.8 Å². The summed E-state index contributed by atoms with van der Waals surface area (Å²) >= 11 is 0. The molecule has 6 heteroatoms. The van der Waals surface area contributed by atoms with Crippen LogP contribution in [0.2, 0.25) is 0 Å². The number of carbonyl (C=O) groups excluding carboxylic acids is 3. The second-order valence-corrected chi connectivity index (χ2v) is 7.53. The summed E-state index contributed by atoms with van der Waals surface area (Å²) in [4.78, 5) is 40.6. The zero-order valence-corrected chi connectivity index (χ0v) is 14.1. The van der Waals surface area contributed by atoms with Gasteiger partial charge in [0.1, 0.15) is 12.1 Å². The molecule has 0 aromatic rings. The molecule has 0 aromatic heterocycles. The highest BCUT2D eigenvalue weighted by atomic mass is 16.2. The van der Waals surface area contributed by atoms with Gasteiger partial charge >= 0.3 is 6.03 Å². The van der Waals surface area contributed by atoms with Gasteiger partial charge in [0, 0.05) is 13.1 Å². The standard InChI is InChI=1S/C17H27N3O3/c1-12-6-5-9-19(10-12)14(21)11-20-15(22)17(18-16(20)23)8-4-3-7-13(17)2/h12-13H,3-11H2,1-2H3,(H,18,23)/t12-,13-,17+/m0/s1. The fourth-order valence-corrected chi connectivity index (χ4v) is 4.29.